The van der Waals surface area contributed by atoms with Crippen molar-refractivity contribution in [2.75, 3.05) is 10.9 Å². The number of hydrogen-bond acceptors (Lipinski definition) is 6. The monoisotopic (exact) mass is 440 g/mol. The van der Waals surface area contributed by atoms with E-state index in [2.05, 4.69) is 0 Å². The molecule has 31 heavy (non-hydrogen) atoms. The zero-order valence-corrected chi connectivity index (χ0v) is 17.7. The van der Waals surface area contributed by atoms with Gasteiger partial charge in [0.15, 0.2) is 12.4 Å². The Balaban J connectivity index is 1.97. The van der Waals surface area contributed by atoms with Crippen LogP contribution in [0.15, 0.2) is 77.7 Å². The summed E-state index contributed by atoms with van der Waals surface area (Å²) >= 11 is 0. The van der Waals surface area contributed by atoms with Crippen molar-refractivity contribution in [3.63, 3.8) is 0 Å². The number of rotatable bonds is 7. The number of hydrogen-bond donors (Lipinski definition) is 0. The Morgan fingerprint density at radius 1 is 0.935 bits per heavy atom. The first-order valence-corrected chi connectivity index (χ1v) is 10.7. The fraction of sp³-hybridized carbons (Fsp3) is 0.136. The SMILES string of the molecule is Cc1ccc(N(C(=O)COc2ccccc2[N+](=O)[O-])S(=O)(=O)c2ccc(C)cc2)cc1. The molecule has 9 heteroatoms. The van der Waals surface area contributed by atoms with Gasteiger partial charge in [0.1, 0.15) is 0 Å². The number of para-hydroxylation sites is 2. The van der Waals surface area contributed by atoms with E-state index in [4.69, 9.17) is 4.74 Å². The minimum Gasteiger partial charge on any atom is -0.477 e. The summed E-state index contributed by atoms with van der Waals surface area (Å²) in [4.78, 5) is 23.5. The number of amides is 1. The summed E-state index contributed by atoms with van der Waals surface area (Å²) in [6.45, 7) is 2.95. The number of aryl methyl sites for hydroxylation is 2. The quantitative estimate of drug-likeness (QED) is 0.406. The second-order valence-electron chi connectivity index (χ2n) is 6.83. The summed E-state index contributed by atoms with van der Waals surface area (Å²) < 4.78 is 32.6. The minimum absolute atomic E-state index is 0.0577. The number of benzene rings is 3. The summed E-state index contributed by atoms with van der Waals surface area (Å²) in [6, 6.07) is 18.1. The molecule has 0 saturated heterocycles. The van der Waals surface area contributed by atoms with Gasteiger partial charge < -0.3 is 4.74 Å². The van der Waals surface area contributed by atoms with Crippen LogP contribution in [0.3, 0.4) is 0 Å². The second kappa shape index (κ2) is 8.97. The van der Waals surface area contributed by atoms with Crippen molar-refractivity contribution in [1.82, 2.24) is 0 Å². The largest absolute Gasteiger partial charge is 0.477 e. The molecule has 0 saturated carbocycles. The predicted octanol–water partition coefficient (Wildman–Crippen LogP) is 4.01. The third-order valence-corrected chi connectivity index (χ3v) is 6.23. The van der Waals surface area contributed by atoms with Gasteiger partial charge in [-0.3, -0.25) is 14.9 Å². The first kappa shape index (κ1) is 22.0. The Hall–Kier alpha value is -3.72. The van der Waals surface area contributed by atoms with Crippen LogP contribution in [-0.2, 0) is 14.8 Å². The molecule has 0 heterocycles. The fourth-order valence-corrected chi connectivity index (χ4v) is 4.25. The van der Waals surface area contributed by atoms with Gasteiger partial charge in [-0.15, -0.1) is 0 Å². The molecule has 3 aromatic carbocycles. The van der Waals surface area contributed by atoms with Crippen LogP contribution in [0.25, 0.3) is 0 Å². The van der Waals surface area contributed by atoms with Crippen molar-refractivity contribution in [3.05, 3.63) is 94.0 Å². The van der Waals surface area contributed by atoms with Crippen LogP contribution < -0.4 is 9.04 Å². The minimum atomic E-state index is -4.24. The zero-order chi connectivity index (χ0) is 22.6. The van der Waals surface area contributed by atoms with Crippen molar-refractivity contribution in [2.45, 2.75) is 18.7 Å². The maximum atomic E-state index is 13.3. The van der Waals surface area contributed by atoms with Gasteiger partial charge in [0.25, 0.3) is 15.9 Å². The molecule has 0 bridgehead atoms. The van der Waals surface area contributed by atoms with Crippen LogP contribution >= 0.6 is 0 Å². The lowest BCUT2D eigenvalue weighted by molar-refractivity contribution is -0.385. The van der Waals surface area contributed by atoms with E-state index in [0.29, 0.717) is 4.31 Å². The molecule has 0 aromatic heterocycles. The second-order valence-corrected chi connectivity index (χ2v) is 8.61. The van der Waals surface area contributed by atoms with Crippen LogP contribution in [-0.4, -0.2) is 25.9 Å². The summed E-state index contributed by atoms with van der Waals surface area (Å²) in [6.07, 6.45) is 0. The van der Waals surface area contributed by atoms with E-state index in [1.165, 1.54) is 48.5 Å². The highest BCUT2D eigenvalue weighted by atomic mass is 32.2. The van der Waals surface area contributed by atoms with Crippen molar-refractivity contribution in [1.29, 1.82) is 0 Å². The van der Waals surface area contributed by atoms with Gasteiger partial charge in [-0.2, -0.15) is 4.31 Å². The third kappa shape index (κ3) is 4.89. The molecule has 3 rings (SSSR count). The number of carbonyl (C=O) groups is 1. The lowest BCUT2D eigenvalue weighted by Gasteiger charge is -2.23. The molecule has 0 unspecified atom stereocenters. The Labute approximate surface area is 179 Å². The molecule has 1 amide bonds. The van der Waals surface area contributed by atoms with Gasteiger partial charge in [0.05, 0.1) is 15.5 Å². The Morgan fingerprint density at radius 2 is 1.48 bits per heavy atom. The van der Waals surface area contributed by atoms with E-state index in [-0.39, 0.29) is 22.0 Å². The molecule has 160 valence electrons. The predicted molar refractivity (Wildman–Crippen MR) is 116 cm³/mol. The average molecular weight is 440 g/mol. The summed E-state index contributed by atoms with van der Waals surface area (Å²) in [7, 11) is -4.24. The smallest absolute Gasteiger partial charge is 0.310 e. The number of carbonyl (C=O) groups excluding carboxylic acids is 1. The number of nitro groups is 1. The van der Waals surface area contributed by atoms with Gasteiger partial charge in [-0.05, 0) is 44.2 Å². The normalized spacial score (nSPS) is 11.0. The zero-order valence-electron chi connectivity index (χ0n) is 16.9. The van der Waals surface area contributed by atoms with Crippen LogP contribution in [0.4, 0.5) is 11.4 Å². The van der Waals surface area contributed by atoms with Crippen molar-refractivity contribution in [3.8, 4) is 5.75 Å². The third-order valence-electron chi connectivity index (χ3n) is 4.47. The van der Waals surface area contributed by atoms with E-state index >= 15 is 0 Å². The first-order chi connectivity index (χ1) is 14.7. The van der Waals surface area contributed by atoms with Gasteiger partial charge in [-0.25, -0.2) is 8.42 Å². The highest BCUT2D eigenvalue weighted by Gasteiger charge is 2.31. The van der Waals surface area contributed by atoms with Crippen molar-refractivity contribution >= 4 is 27.3 Å². The lowest BCUT2D eigenvalue weighted by Crippen LogP contribution is -2.40. The lowest BCUT2D eigenvalue weighted by atomic mass is 10.2. The summed E-state index contributed by atoms with van der Waals surface area (Å²) in [5, 5.41) is 11.2. The fourth-order valence-electron chi connectivity index (χ4n) is 2.84. The first-order valence-electron chi connectivity index (χ1n) is 9.28. The molecular weight excluding hydrogens is 420 g/mol. The summed E-state index contributed by atoms with van der Waals surface area (Å²) in [5.41, 5.74) is 1.58. The van der Waals surface area contributed by atoms with Crippen molar-refractivity contribution < 1.29 is 22.9 Å². The van der Waals surface area contributed by atoms with Crippen LogP contribution in [0.5, 0.6) is 5.75 Å². The maximum absolute atomic E-state index is 13.3. The molecule has 3 aromatic rings. The van der Waals surface area contributed by atoms with Crippen LogP contribution in [0, 0.1) is 24.0 Å². The molecule has 8 nitrogen and oxygen atoms in total. The number of ether oxygens (including phenoxy) is 1. The molecule has 0 N–H and O–H groups in total. The topological polar surface area (TPSA) is 107 Å². The number of anilines is 1. The van der Waals surface area contributed by atoms with Crippen molar-refractivity contribution in [2.24, 2.45) is 0 Å². The molecule has 0 radical (unpaired) electrons. The molecule has 0 aliphatic rings. The van der Waals surface area contributed by atoms with Gasteiger partial charge in [0, 0.05) is 6.07 Å². The Bertz CT molecular complexity index is 1210. The van der Waals surface area contributed by atoms with Gasteiger partial charge in [0.2, 0.25) is 0 Å². The Kier molecular flexibility index (Phi) is 6.36. The van der Waals surface area contributed by atoms with Crippen LogP contribution in [0.2, 0.25) is 0 Å². The molecule has 0 fully saturated rings. The number of nitro benzene ring substituents is 1. The van der Waals surface area contributed by atoms with Gasteiger partial charge >= 0.3 is 5.69 Å². The Morgan fingerprint density at radius 3 is 2.06 bits per heavy atom. The molecule has 0 spiro atoms. The highest BCUT2D eigenvalue weighted by molar-refractivity contribution is 7.93. The number of sulfonamides is 1. The van der Waals surface area contributed by atoms with Gasteiger partial charge in [-0.1, -0.05) is 47.5 Å². The average Bonchev–Trinajstić information content (AvgIpc) is 2.74. The summed E-state index contributed by atoms with van der Waals surface area (Å²) in [5.74, 6) is -1.01. The van der Waals surface area contributed by atoms with E-state index < -0.39 is 27.5 Å². The van der Waals surface area contributed by atoms with E-state index in [1.54, 1.807) is 24.3 Å². The molecular formula is C22H20N2O6S. The highest BCUT2D eigenvalue weighted by Crippen LogP contribution is 2.28. The van der Waals surface area contributed by atoms with E-state index in [0.717, 1.165) is 11.1 Å². The maximum Gasteiger partial charge on any atom is 0.310 e. The van der Waals surface area contributed by atoms with E-state index in [1.807, 2.05) is 13.8 Å². The molecule has 0 atom stereocenters. The molecule has 0 aliphatic carbocycles. The molecule has 0 aliphatic heterocycles. The van der Waals surface area contributed by atoms with Crippen LogP contribution in [0.1, 0.15) is 11.1 Å². The van der Waals surface area contributed by atoms with E-state index in [9.17, 15) is 23.3 Å². The standard InChI is InChI=1S/C22H20N2O6S/c1-16-7-11-18(12-8-16)23(31(28,29)19-13-9-17(2)10-14-19)22(25)15-30-21-6-4-3-5-20(21)24(26)27/h3-14H,15H2,1-2H3. The number of nitrogens with zero attached hydrogens (tertiary/aromatic N) is 2.